The Hall–Kier alpha value is -4.79. The van der Waals surface area contributed by atoms with E-state index in [0.29, 0.717) is 17.9 Å². The standard InChI is InChI=1S/C34H25BrN4O2S/c35-28-17-18-32(41-21-26-9-6-8-23-7-4-5-12-30(23)26)27(19-28)20-36-39-33(40)25-15-13-24(14-16-25)31-22-42-34(38-31)37-29-10-2-1-3-11-29/h1-20,22H,21H2,(H,37,38)(H,39,40)/b36-20-. The Kier molecular flexibility index (Phi) is 8.35. The number of benzene rings is 5. The van der Waals surface area contributed by atoms with Crippen molar-refractivity contribution in [2.75, 3.05) is 5.32 Å². The normalized spacial score (nSPS) is 11.1. The molecule has 0 atom stereocenters. The third-order valence-corrected chi connectivity index (χ3v) is 7.83. The van der Waals surface area contributed by atoms with Crippen LogP contribution in [0.25, 0.3) is 22.0 Å². The van der Waals surface area contributed by atoms with Gasteiger partial charge in [-0.15, -0.1) is 11.3 Å². The van der Waals surface area contributed by atoms with Gasteiger partial charge in [-0.05, 0) is 58.8 Å². The Morgan fingerprint density at radius 1 is 0.905 bits per heavy atom. The van der Waals surface area contributed by atoms with Crippen LogP contribution in [0.3, 0.4) is 0 Å². The van der Waals surface area contributed by atoms with Gasteiger partial charge in [0, 0.05) is 32.2 Å². The molecule has 42 heavy (non-hydrogen) atoms. The lowest BCUT2D eigenvalue weighted by Crippen LogP contribution is -2.17. The van der Waals surface area contributed by atoms with E-state index in [1.807, 2.05) is 84.2 Å². The number of hydrazone groups is 1. The fraction of sp³-hybridized carbons (Fsp3) is 0.0294. The first kappa shape index (κ1) is 27.4. The van der Waals surface area contributed by atoms with Crippen LogP contribution in [-0.4, -0.2) is 17.1 Å². The SMILES string of the molecule is O=C(N/N=C\c1cc(Br)ccc1OCc1cccc2ccccc12)c1ccc(-c2csc(Nc3ccccc3)n2)cc1. The molecule has 1 amide bonds. The topological polar surface area (TPSA) is 75.6 Å². The summed E-state index contributed by atoms with van der Waals surface area (Å²) in [6.45, 7) is 0.408. The molecule has 0 bridgehead atoms. The van der Waals surface area contributed by atoms with E-state index in [-0.39, 0.29) is 5.91 Å². The molecule has 0 aliphatic rings. The fourth-order valence-electron chi connectivity index (χ4n) is 4.45. The van der Waals surface area contributed by atoms with E-state index in [0.717, 1.165) is 43.1 Å². The number of hydrogen-bond donors (Lipinski definition) is 2. The second kappa shape index (κ2) is 12.8. The van der Waals surface area contributed by atoms with E-state index in [1.165, 1.54) is 16.7 Å². The molecule has 206 valence electrons. The van der Waals surface area contributed by atoms with Crippen molar-refractivity contribution in [3.8, 4) is 17.0 Å². The fourth-order valence-corrected chi connectivity index (χ4v) is 5.57. The van der Waals surface area contributed by atoms with E-state index in [1.54, 1.807) is 18.3 Å². The van der Waals surface area contributed by atoms with Crippen LogP contribution in [0.4, 0.5) is 10.8 Å². The maximum Gasteiger partial charge on any atom is 0.271 e. The van der Waals surface area contributed by atoms with Crippen LogP contribution in [0.5, 0.6) is 5.75 Å². The predicted molar refractivity (Wildman–Crippen MR) is 175 cm³/mol. The molecule has 0 aliphatic carbocycles. The number of carbonyl (C=O) groups is 1. The summed E-state index contributed by atoms with van der Waals surface area (Å²) in [5.41, 5.74) is 7.70. The number of nitrogens with zero attached hydrogens (tertiary/aromatic N) is 2. The molecule has 6 nitrogen and oxygen atoms in total. The molecule has 5 aromatic carbocycles. The molecule has 0 saturated heterocycles. The van der Waals surface area contributed by atoms with Crippen molar-refractivity contribution in [2.45, 2.75) is 6.61 Å². The maximum absolute atomic E-state index is 12.8. The highest BCUT2D eigenvalue weighted by Gasteiger charge is 2.09. The van der Waals surface area contributed by atoms with Crippen molar-refractivity contribution < 1.29 is 9.53 Å². The number of ether oxygens (including phenoxy) is 1. The molecule has 0 fully saturated rings. The summed E-state index contributed by atoms with van der Waals surface area (Å²) in [7, 11) is 0. The number of anilines is 2. The van der Waals surface area contributed by atoms with Crippen LogP contribution in [0, 0.1) is 0 Å². The van der Waals surface area contributed by atoms with Gasteiger partial charge in [0.05, 0.1) is 11.9 Å². The third-order valence-electron chi connectivity index (χ3n) is 6.58. The van der Waals surface area contributed by atoms with E-state index >= 15 is 0 Å². The van der Waals surface area contributed by atoms with Crippen molar-refractivity contribution in [1.82, 2.24) is 10.4 Å². The second-order valence-electron chi connectivity index (χ2n) is 9.41. The van der Waals surface area contributed by atoms with Crippen molar-refractivity contribution in [1.29, 1.82) is 0 Å². The van der Waals surface area contributed by atoms with Gasteiger partial charge in [-0.25, -0.2) is 10.4 Å². The van der Waals surface area contributed by atoms with Crippen molar-refractivity contribution in [3.63, 3.8) is 0 Å². The molecule has 8 heteroatoms. The van der Waals surface area contributed by atoms with Gasteiger partial charge >= 0.3 is 0 Å². The molecule has 6 aromatic rings. The Balaban J connectivity index is 1.09. The van der Waals surface area contributed by atoms with Crippen LogP contribution in [-0.2, 0) is 6.61 Å². The molecule has 0 radical (unpaired) electrons. The van der Waals surface area contributed by atoms with E-state index in [9.17, 15) is 4.79 Å². The molecular formula is C34H25BrN4O2S. The zero-order valence-corrected chi connectivity index (χ0v) is 24.7. The van der Waals surface area contributed by atoms with Gasteiger partial charge in [-0.1, -0.05) is 88.7 Å². The van der Waals surface area contributed by atoms with Crippen LogP contribution in [0.1, 0.15) is 21.5 Å². The summed E-state index contributed by atoms with van der Waals surface area (Å²) in [6.07, 6.45) is 1.59. The lowest BCUT2D eigenvalue weighted by atomic mass is 10.1. The molecule has 6 rings (SSSR count). The Bertz CT molecular complexity index is 1870. The molecule has 1 aromatic heterocycles. The molecular weight excluding hydrogens is 608 g/mol. The van der Waals surface area contributed by atoms with Gasteiger partial charge in [0.15, 0.2) is 5.13 Å². The third kappa shape index (κ3) is 6.57. The van der Waals surface area contributed by atoms with Gasteiger partial charge in [0.25, 0.3) is 5.91 Å². The molecule has 0 spiro atoms. The van der Waals surface area contributed by atoms with Gasteiger partial charge in [-0.2, -0.15) is 5.10 Å². The number of carbonyl (C=O) groups excluding carboxylic acids is 1. The quantitative estimate of drug-likeness (QED) is 0.123. The number of aromatic nitrogens is 1. The summed E-state index contributed by atoms with van der Waals surface area (Å²) in [5, 5.41) is 12.6. The number of thiazole rings is 1. The number of halogens is 1. The van der Waals surface area contributed by atoms with Crippen molar-refractivity contribution in [3.05, 3.63) is 142 Å². The maximum atomic E-state index is 12.8. The number of amides is 1. The van der Waals surface area contributed by atoms with E-state index in [4.69, 9.17) is 4.74 Å². The van der Waals surface area contributed by atoms with Gasteiger partial charge in [0.2, 0.25) is 0 Å². The number of nitrogens with one attached hydrogen (secondary N) is 2. The summed E-state index contributed by atoms with van der Waals surface area (Å²) in [6, 6.07) is 37.3. The van der Waals surface area contributed by atoms with Crippen LogP contribution in [0.2, 0.25) is 0 Å². The first-order chi connectivity index (χ1) is 20.6. The number of hydrogen-bond acceptors (Lipinski definition) is 6. The van der Waals surface area contributed by atoms with Crippen LogP contribution >= 0.6 is 27.3 Å². The molecule has 0 saturated carbocycles. The lowest BCUT2D eigenvalue weighted by Gasteiger charge is -2.11. The lowest BCUT2D eigenvalue weighted by molar-refractivity contribution is 0.0955. The molecule has 0 aliphatic heterocycles. The average Bonchev–Trinajstić information content (AvgIpc) is 3.49. The van der Waals surface area contributed by atoms with Gasteiger partial charge in [-0.3, -0.25) is 4.79 Å². The first-order valence-corrected chi connectivity index (χ1v) is 14.9. The largest absolute Gasteiger partial charge is 0.488 e. The second-order valence-corrected chi connectivity index (χ2v) is 11.2. The monoisotopic (exact) mass is 632 g/mol. The van der Waals surface area contributed by atoms with Crippen LogP contribution in [0.15, 0.2) is 130 Å². The smallest absolute Gasteiger partial charge is 0.271 e. The molecule has 1 heterocycles. The number of para-hydroxylation sites is 1. The summed E-state index contributed by atoms with van der Waals surface area (Å²) in [5.74, 6) is 0.355. The minimum Gasteiger partial charge on any atom is -0.488 e. The average molecular weight is 634 g/mol. The van der Waals surface area contributed by atoms with Crippen molar-refractivity contribution in [2.24, 2.45) is 5.10 Å². The zero-order chi connectivity index (χ0) is 28.7. The minimum atomic E-state index is -0.310. The van der Waals surface area contributed by atoms with E-state index in [2.05, 4.69) is 61.0 Å². The summed E-state index contributed by atoms with van der Waals surface area (Å²) < 4.78 is 7.07. The predicted octanol–water partition coefficient (Wildman–Crippen LogP) is 8.81. The Morgan fingerprint density at radius 3 is 2.55 bits per heavy atom. The van der Waals surface area contributed by atoms with Crippen molar-refractivity contribution >= 4 is 61.0 Å². The van der Waals surface area contributed by atoms with Gasteiger partial charge in [0.1, 0.15) is 12.4 Å². The van der Waals surface area contributed by atoms with E-state index < -0.39 is 0 Å². The Labute approximate surface area is 255 Å². The molecule has 0 unspecified atom stereocenters. The highest BCUT2D eigenvalue weighted by Crippen LogP contribution is 2.28. The minimum absolute atomic E-state index is 0.310. The number of fused-ring (bicyclic) bond motifs is 1. The first-order valence-electron chi connectivity index (χ1n) is 13.2. The highest BCUT2D eigenvalue weighted by molar-refractivity contribution is 9.10. The Morgan fingerprint density at radius 2 is 1.69 bits per heavy atom. The van der Waals surface area contributed by atoms with Gasteiger partial charge < -0.3 is 10.1 Å². The highest BCUT2D eigenvalue weighted by atomic mass is 79.9. The molecule has 2 N–H and O–H groups in total. The van der Waals surface area contributed by atoms with Crippen LogP contribution < -0.4 is 15.5 Å². The number of rotatable bonds is 9. The summed E-state index contributed by atoms with van der Waals surface area (Å²) in [4.78, 5) is 17.5. The zero-order valence-electron chi connectivity index (χ0n) is 22.3. The summed E-state index contributed by atoms with van der Waals surface area (Å²) >= 11 is 5.04.